The number of benzene rings is 2. The fourth-order valence-electron chi connectivity index (χ4n) is 2.81. The van der Waals surface area contributed by atoms with E-state index in [2.05, 4.69) is 10.3 Å². The highest BCUT2D eigenvalue weighted by atomic mass is 16.1. The van der Waals surface area contributed by atoms with Crippen LogP contribution in [0.5, 0.6) is 0 Å². The van der Waals surface area contributed by atoms with Crippen LogP contribution in [0.2, 0.25) is 0 Å². The largest absolute Gasteiger partial charge is 0.347 e. The molecule has 0 saturated carbocycles. The molecule has 5 nitrogen and oxygen atoms in total. The minimum absolute atomic E-state index is 0.193. The maximum absolute atomic E-state index is 12.9. The van der Waals surface area contributed by atoms with Gasteiger partial charge >= 0.3 is 0 Å². The topological polar surface area (TPSA) is 58.1 Å². The van der Waals surface area contributed by atoms with Gasteiger partial charge in [-0.15, -0.1) is 0 Å². The van der Waals surface area contributed by atoms with Crippen LogP contribution in [0.15, 0.2) is 60.8 Å². The van der Waals surface area contributed by atoms with Crippen molar-refractivity contribution >= 4 is 17.4 Å². The molecule has 0 atom stereocenters. The predicted octanol–water partition coefficient (Wildman–Crippen LogP) is 4.75. The monoisotopic (exact) mass is 374 g/mol. The maximum Gasteiger partial charge on any atom is 0.257 e. The lowest BCUT2D eigenvalue weighted by Gasteiger charge is -2.24. The molecule has 2 aromatic carbocycles. The van der Waals surface area contributed by atoms with E-state index in [9.17, 15) is 4.79 Å². The van der Waals surface area contributed by atoms with Crippen molar-refractivity contribution in [2.24, 2.45) is 0 Å². The standard InChI is InChI=1S/C23H26N4O/c1-16-11-13-18(14-12-16)27(5)21-19(22(28)26-23(2,3)4)15-24-20(25-21)17-9-7-6-8-10-17/h6-15H,1-5H3,(H,26,28). The van der Waals surface area contributed by atoms with Gasteiger partial charge in [0, 0.05) is 30.0 Å². The summed E-state index contributed by atoms with van der Waals surface area (Å²) in [6.07, 6.45) is 1.61. The summed E-state index contributed by atoms with van der Waals surface area (Å²) in [5, 5.41) is 3.00. The third-order valence-corrected chi connectivity index (χ3v) is 4.27. The molecule has 0 bridgehead atoms. The molecular weight excluding hydrogens is 348 g/mol. The third kappa shape index (κ3) is 4.55. The van der Waals surface area contributed by atoms with Crippen LogP contribution >= 0.6 is 0 Å². The van der Waals surface area contributed by atoms with Crippen molar-refractivity contribution in [1.29, 1.82) is 0 Å². The van der Waals surface area contributed by atoms with Crippen LogP contribution in [-0.4, -0.2) is 28.5 Å². The Kier molecular flexibility index (Phi) is 5.45. The average molecular weight is 374 g/mol. The van der Waals surface area contributed by atoms with Crippen molar-refractivity contribution in [2.75, 3.05) is 11.9 Å². The third-order valence-electron chi connectivity index (χ3n) is 4.27. The number of rotatable bonds is 4. The van der Waals surface area contributed by atoms with E-state index in [4.69, 9.17) is 4.98 Å². The van der Waals surface area contributed by atoms with Gasteiger partial charge in [-0.3, -0.25) is 4.79 Å². The van der Waals surface area contributed by atoms with Gasteiger partial charge < -0.3 is 10.2 Å². The maximum atomic E-state index is 12.9. The highest BCUT2D eigenvalue weighted by Gasteiger charge is 2.22. The summed E-state index contributed by atoms with van der Waals surface area (Å²) in [7, 11) is 1.91. The number of nitrogens with one attached hydrogen (secondary N) is 1. The zero-order chi connectivity index (χ0) is 20.3. The molecule has 144 valence electrons. The molecule has 28 heavy (non-hydrogen) atoms. The van der Waals surface area contributed by atoms with Crippen molar-refractivity contribution in [3.8, 4) is 11.4 Å². The van der Waals surface area contributed by atoms with Crippen LogP contribution in [-0.2, 0) is 0 Å². The zero-order valence-corrected chi connectivity index (χ0v) is 17.0. The number of carbonyl (C=O) groups excluding carboxylic acids is 1. The Morgan fingerprint density at radius 3 is 2.25 bits per heavy atom. The highest BCUT2D eigenvalue weighted by molar-refractivity contribution is 6.00. The molecule has 1 amide bonds. The number of anilines is 2. The molecule has 0 aliphatic heterocycles. The van der Waals surface area contributed by atoms with E-state index in [0.29, 0.717) is 17.2 Å². The number of carbonyl (C=O) groups is 1. The lowest BCUT2D eigenvalue weighted by atomic mass is 10.1. The molecule has 3 rings (SSSR count). The van der Waals surface area contributed by atoms with Crippen molar-refractivity contribution in [3.63, 3.8) is 0 Å². The Bertz CT molecular complexity index is 960. The molecule has 0 spiro atoms. The average Bonchev–Trinajstić information content (AvgIpc) is 2.67. The molecule has 0 radical (unpaired) electrons. The summed E-state index contributed by atoms with van der Waals surface area (Å²) in [5.41, 5.74) is 3.12. The van der Waals surface area contributed by atoms with E-state index in [-0.39, 0.29) is 11.4 Å². The molecule has 5 heteroatoms. The van der Waals surface area contributed by atoms with Crippen LogP contribution in [0.1, 0.15) is 36.7 Å². The van der Waals surface area contributed by atoms with Gasteiger partial charge in [0.05, 0.1) is 0 Å². The first-order valence-electron chi connectivity index (χ1n) is 9.30. The molecule has 0 unspecified atom stereocenters. The van der Waals surface area contributed by atoms with Crippen molar-refractivity contribution in [3.05, 3.63) is 71.9 Å². The van der Waals surface area contributed by atoms with Crippen molar-refractivity contribution < 1.29 is 4.79 Å². The van der Waals surface area contributed by atoms with Crippen LogP contribution in [0.3, 0.4) is 0 Å². The molecule has 1 heterocycles. The Labute approximate surface area is 166 Å². The van der Waals surface area contributed by atoms with Gasteiger partial charge in [0.25, 0.3) is 5.91 Å². The van der Waals surface area contributed by atoms with Gasteiger partial charge in [-0.1, -0.05) is 48.0 Å². The Morgan fingerprint density at radius 2 is 1.64 bits per heavy atom. The van der Waals surface area contributed by atoms with Gasteiger partial charge in [-0.25, -0.2) is 9.97 Å². The number of aromatic nitrogens is 2. The fourth-order valence-corrected chi connectivity index (χ4v) is 2.81. The number of amides is 1. The van der Waals surface area contributed by atoms with Crippen LogP contribution in [0, 0.1) is 6.92 Å². The van der Waals surface area contributed by atoms with Crippen LogP contribution in [0.4, 0.5) is 11.5 Å². The summed E-state index contributed by atoms with van der Waals surface area (Å²) in [5.74, 6) is 0.961. The first kappa shape index (κ1) is 19.5. The number of hydrogen-bond donors (Lipinski definition) is 1. The molecule has 0 fully saturated rings. The van der Waals surface area contributed by atoms with E-state index >= 15 is 0 Å². The highest BCUT2D eigenvalue weighted by Crippen LogP contribution is 2.28. The van der Waals surface area contributed by atoms with E-state index in [1.165, 1.54) is 5.56 Å². The molecule has 0 aliphatic rings. The Hall–Kier alpha value is -3.21. The quantitative estimate of drug-likeness (QED) is 0.716. The second-order valence-corrected chi connectivity index (χ2v) is 7.90. The Balaban J connectivity index is 2.09. The van der Waals surface area contributed by atoms with Crippen LogP contribution in [0.25, 0.3) is 11.4 Å². The van der Waals surface area contributed by atoms with E-state index in [1.807, 2.05) is 94.2 Å². The smallest absolute Gasteiger partial charge is 0.257 e. The van der Waals surface area contributed by atoms with E-state index in [1.54, 1.807) is 6.20 Å². The summed E-state index contributed by atoms with van der Waals surface area (Å²) >= 11 is 0. The minimum atomic E-state index is -0.352. The Morgan fingerprint density at radius 1 is 1.00 bits per heavy atom. The fraction of sp³-hybridized carbons (Fsp3) is 0.261. The van der Waals surface area contributed by atoms with Crippen molar-refractivity contribution in [2.45, 2.75) is 33.2 Å². The van der Waals surface area contributed by atoms with E-state index in [0.717, 1.165) is 11.3 Å². The zero-order valence-electron chi connectivity index (χ0n) is 17.0. The first-order valence-corrected chi connectivity index (χ1v) is 9.30. The molecule has 0 saturated heterocycles. The lowest BCUT2D eigenvalue weighted by molar-refractivity contribution is 0.0919. The van der Waals surface area contributed by atoms with E-state index < -0.39 is 0 Å². The lowest BCUT2D eigenvalue weighted by Crippen LogP contribution is -2.41. The van der Waals surface area contributed by atoms with Gasteiger partial charge in [0.15, 0.2) is 5.82 Å². The first-order chi connectivity index (χ1) is 13.2. The van der Waals surface area contributed by atoms with Gasteiger partial charge in [0.2, 0.25) is 0 Å². The summed E-state index contributed by atoms with van der Waals surface area (Å²) in [4.78, 5) is 24.0. The minimum Gasteiger partial charge on any atom is -0.347 e. The molecule has 3 aromatic rings. The van der Waals surface area contributed by atoms with Crippen LogP contribution < -0.4 is 10.2 Å². The molecular formula is C23H26N4O. The number of aryl methyl sites for hydroxylation is 1. The second kappa shape index (κ2) is 7.80. The second-order valence-electron chi connectivity index (χ2n) is 7.90. The predicted molar refractivity (Wildman–Crippen MR) is 114 cm³/mol. The summed E-state index contributed by atoms with van der Waals surface area (Å²) < 4.78 is 0. The molecule has 1 N–H and O–H groups in total. The molecule has 0 aliphatic carbocycles. The van der Waals surface area contributed by atoms with Crippen molar-refractivity contribution in [1.82, 2.24) is 15.3 Å². The van der Waals surface area contributed by atoms with Gasteiger partial charge in [-0.05, 0) is 39.8 Å². The normalized spacial score (nSPS) is 11.2. The van der Waals surface area contributed by atoms with Gasteiger partial charge in [-0.2, -0.15) is 0 Å². The number of nitrogens with zero attached hydrogens (tertiary/aromatic N) is 3. The molecule has 1 aromatic heterocycles. The summed E-state index contributed by atoms with van der Waals surface area (Å²) in [6.45, 7) is 7.90. The number of hydrogen-bond acceptors (Lipinski definition) is 4. The SMILES string of the molecule is Cc1ccc(N(C)c2nc(-c3ccccc3)ncc2C(=O)NC(C)(C)C)cc1. The summed E-state index contributed by atoms with van der Waals surface area (Å²) in [6, 6.07) is 17.9. The van der Waals surface area contributed by atoms with Gasteiger partial charge in [0.1, 0.15) is 11.4 Å².